The summed E-state index contributed by atoms with van der Waals surface area (Å²) in [6.07, 6.45) is 0. The van der Waals surface area contributed by atoms with Crippen LogP contribution in [0.2, 0.25) is 0 Å². The van der Waals surface area contributed by atoms with E-state index in [4.69, 9.17) is 19.8 Å². The molecular weight excluding hydrogens is 339 g/mol. The third kappa shape index (κ3) is 3.17. The van der Waals surface area contributed by atoms with Gasteiger partial charge in [0.15, 0.2) is 10.8 Å². The quantitative estimate of drug-likeness (QED) is 0.669. The van der Waals surface area contributed by atoms with Crippen LogP contribution in [0.4, 0.5) is 5.13 Å². The molecule has 0 radical (unpaired) electrons. The van der Waals surface area contributed by atoms with E-state index in [2.05, 4.69) is 4.98 Å². The number of nitrogens with zero attached hydrogens (tertiary/aromatic N) is 1. The molecule has 6 nitrogen and oxygen atoms in total. The summed E-state index contributed by atoms with van der Waals surface area (Å²) in [5.74, 6) is -0.502. The van der Waals surface area contributed by atoms with Crippen molar-refractivity contribution in [1.82, 2.24) is 4.98 Å². The standard InChI is InChI=1S/C17H21BN2O4S/c1-16(2)17(3,4)24-18(23-16)11-8-6-10(7-9-11)13-12(14(21)22-5)20-15(19)25-13/h6-9H,1-5H3,(H2,19,20). The first-order valence-electron chi connectivity index (χ1n) is 7.95. The Balaban J connectivity index is 1.89. The molecule has 0 aliphatic carbocycles. The fourth-order valence-electron chi connectivity index (χ4n) is 2.54. The van der Waals surface area contributed by atoms with E-state index >= 15 is 0 Å². The molecule has 0 bridgehead atoms. The van der Waals surface area contributed by atoms with E-state index in [9.17, 15) is 4.79 Å². The second-order valence-corrected chi connectivity index (χ2v) is 7.96. The molecule has 25 heavy (non-hydrogen) atoms. The largest absolute Gasteiger partial charge is 0.494 e. The van der Waals surface area contributed by atoms with Gasteiger partial charge in [0.2, 0.25) is 0 Å². The zero-order valence-corrected chi connectivity index (χ0v) is 15.8. The highest BCUT2D eigenvalue weighted by Gasteiger charge is 2.51. The number of esters is 1. The fourth-order valence-corrected chi connectivity index (χ4v) is 3.36. The lowest BCUT2D eigenvalue weighted by Gasteiger charge is -2.32. The van der Waals surface area contributed by atoms with Crippen molar-refractivity contribution in [2.45, 2.75) is 38.9 Å². The van der Waals surface area contributed by atoms with Gasteiger partial charge in [0.05, 0.1) is 23.2 Å². The van der Waals surface area contributed by atoms with Gasteiger partial charge in [-0.15, -0.1) is 0 Å². The number of carbonyl (C=O) groups is 1. The number of nitrogen functional groups attached to an aromatic ring is 1. The molecule has 8 heteroatoms. The average molecular weight is 360 g/mol. The predicted octanol–water partition coefficient (Wildman–Crippen LogP) is 2.48. The molecule has 0 spiro atoms. The fraction of sp³-hybridized carbons (Fsp3) is 0.412. The summed E-state index contributed by atoms with van der Waals surface area (Å²) < 4.78 is 16.9. The van der Waals surface area contributed by atoms with Crippen LogP contribution < -0.4 is 11.2 Å². The molecule has 1 aliphatic rings. The zero-order chi connectivity index (χ0) is 18.4. The normalized spacial score (nSPS) is 18.4. The number of carbonyl (C=O) groups excluding carboxylic acids is 1. The number of methoxy groups -OCH3 is 1. The van der Waals surface area contributed by atoms with Crippen LogP contribution in [0.5, 0.6) is 0 Å². The highest BCUT2D eigenvalue weighted by molar-refractivity contribution is 7.19. The predicted molar refractivity (Wildman–Crippen MR) is 99.0 cm³/mol. The number of thiazole rings is 1. The van der Waals surface area contributed by atoms with E-state index in [1.807, 2.05) is 52.0 Å². The summed E-state index contributed by atoms with van der Waals surface area (Å²) in [7, 11) is 0.897. The Kier molecular flexibility index (Phi) is 4.39. The maximum Gasteiger partial charge on any atom is 0.494 e. The maximum absolute atomic E-state index is 11.9. The SMILES string of the molecule is COC(=O)c1nc(N)sc1-c1ccc(B2OC(C)(C)C(C)(C)O2)cc1. The number of anilines is 1. The van der Waals surface area contributed by atoms with Gasteiger partial charge in [0.25, 0.3) is 0 Å². The summed E-state index contributed by atoms with van der Waals surface area (Å²) in [5, 5.41) is 0.324. The van der Waals surface area contributed by atoms with Gasteiger partial charge in [0, 0.05) is 0 Å². The summed E-state index contributed by atoms with van der Waals surface area (Å²) >= 11 is 1.25. The Morgan fingerprint density at radius 3 is 2.24 bits per heavy atom. The number of benzene rings is 1. The monoisotopic (exact) mass is 360 g/mol. The third-order valence-electron chi connectivity index (χ3n) is 4.72. The molecule has 1 saturated heterocycles. The van der Waals surface area contributed by atoms with E-state index in [0.29, 0.717) is 10.0 Å². The van der Waals surface area contributed by atoms with Crippen molar-refractivity contribution in [3.05, 3.63) is 30.0 Å². The van der Waals surface area contributed by atoms with Gasteiger partial charge in [-0.25, -0.2) is 9.78 Å². The van der Waals surface area contributed by atoms with Gasteiger partial charge in [-0.2, -0.15) is 0 Å². The van der Waals surface area contributed by atoms with Crippen LogP contribution in [0, 0.1) is 0 Å². The van der Waals surface area contributed by atoms with Gasteiger partial charge in [-0.05, 0) is 38.7 Å². The number of nitrogens with two attached hydrogens (primary N) is 1. The molecule has 1 aromatic carbocycles. The molecule has 0 saturated carbocycles. The van der Waals surface area contributed by atoms with Crippen molar-refractivity contribution >= 4 is 35.0 Å². The Labute approximate surface area is 151 Å². The van der Waals surface area contributed by atoms with Gasteiger partial charge in [-0.1, -0.05) is 35.6 Å². The second kappa shape index (κ2) is 6.12. The van der Waals surface area contributed by atoms with Crippen LogP contribution in [-0.2, 0) is 14.0 Å². The van der Waals surface area contributed by atoms with Crippen LogP contribution >= 0.6 is 11.3 Å². The lowest BCUT2D eigenvalue weighted by Crippen LogP contribution is -2.41. The van der Waals surface area contributed by atoms with Gasteiger partial charge in [-0.3, -0.25) is 0 Å². The molecule has 1 aliphatic heterocycles. The number of ether oxygens (including phenoxy) is 1. The summed E-state index contributed by atoms with van der Waals surface area (Å²) in [6, 6.07) is 7.66. The number of hydrogen-bond acceptors (Lipinski definition) is 7. The van der Waals surface area contributed by atoms with E-state index in [-0.39, 0.29) is 16.9 Å². The number of aromatic nitrogens is 1. The number of rotatable bonds is 3. The van der Waals surface area contributed by atoms with E-state index in [1.165, 1.54) is 18.4 Å². The Bertz CT molecular complexity index is 785. The van der Waals surface area contributed by atoms with Gasteiger partial charge >= 0.3 is 13.1 Å². The van der Waals surface area contributed by atoms with Crippen LogP contribution in [-0.4, -0.2) is 36.4 Å². The van der Waals surface area contributed by atoms with E-state index in [0.717, 1.165) is 11.0 Å². The Hall–Kier alpha value is -1.90. The molecule has 0 amide bonds. The summed E-state index contributed by atoms with van der Waals surface area (Å²) in [5.41, 5.74) is 6.97. The molecule has 0 unspecified atom stereocenters. The minimum absolute atomic E-state index is 0.230. The molecule has 132 valence electrons. The van der Waals surface area contributed by atoms with Crippen LogP contribution in [0.15, 0.2) is 24.3 Å². The minimum atomic E-state index is -0.502. The molecule has 0 atom stereocenters. The van der Waals surface area contributed by atoms with Crippen molar-refractivity contribution in [3.63, 3.8) is 0 Å². The highest BCUT2D eigenvalue weighted by atomic mass is 32.1. The van der Waals surface area contributed by atoms with Crippen molar-refractivity contribution < 1.29 is 18.8 Å². The minimum Gasteiger partial charge on any atom is -0.464 e. The van der Waals surface area contributed by atoms with Crippen LogP contribution in [0.1, 0.15) is 38.2 Å². The first-order valence-corrected chi connectivity index (χ1v) is 8.77. The summed E-state index contributed by atoms with van der Waals surface area (Å²) in [6.45, 7) is 8.07. The van der Waals surface area contributed by atoms with Crippen LogP contribution in [0.25, 0.3) is 10.4 Å². The van der Waals surface area contributed by atoms with Crippen molar-refractivity contribution in [2.75, 3.05) is 12.8 Å². The second-order valence-electron chi connectivity index (χ2n) is 6.93. The highest BCUT2D eigenvalue weighted by Crippen LogP contribution is 2.37. The van der Waals surface area contributed by atoms with E-state index in [1.54, 1.807) is 0 Å². The zero-order valence-electron chi connectivity index (χ0n) is 15.0. The Morgan fingerprint density at radius 2 is 1.72 bits per heavy atom. The Morgan fingerprint density at radius 1 is 1.16 bits per heavy atom. The molecule has 1 aromatic heterocycles. The van der Waals surface area contributed by atoms with Gasteiger partial charge in [0.1, 0.15) is 0 Å². The lowest BCUT2D eigenvalue weighted by molar-refractivity contribution is 0.00578. The third-order valence-corrected chi connectivity index (χ3v) is 5.65. The average Bonchev–Trinajstić information content (AvgIpc) is 3.04. The first kappa shape index (κ1) is 17.9. The molecular formula is C17H21BN2O4S. The molecule has 3 rings (SSSR count). The van der Waals surface area contributed by atoms with E-state index < -0.39 is 13.1 Å². The molecule has 1 fully saturated rings. The lowest BCUT2D eigenvalue weighted by atomic mass is 9.79. The topological polar surface area (TPSA) is 83.7 Å². The molecule has 2 heterocycles. The van der Waals surface area contributed by atoms with Crippen LogP contribution in [0.3, 0.4) is 0 Å². The first-order chi connectivity index (χ1) is 11.6. The van der Waals surface area contributed by atoms with Crippen molar-refractivity contribution in [3.8, 4) is 10.4 Å². The maximum atomic E-state index is 11.9. The van der Waals surface area contributed by atoms with Crippen molar-refractivity contribution in [1.29, 1.82) is 0 Å². The molecule has 2 aromatic rings. The van der Waals surface area contributed by atoms with Gasteiger partial charge < -0.3 is 19.8 Å². The number of hydrogen-bond donors (Lipinski definition) is 1. The molecule has 2 N–H and O–H groups in total. The summed E-state index contributed by atoms with van der Waals surface area (Å²) in [4.78, 5) is 16.6. The smallest absolute Gasteiger partial charge is 0.464 e. The van der Waals surface area contributed by atoms with Crippen molar-refractivity contribution in [2.24, 2.45) is 0 Å².